The van der Waals surface area contributed by atoms with Gasteiger partial charge in [0.15, 0.2) is 0 Å². The molecule has 2 rings (SSSR count). The summed E-state index contributed by atoms with van der Waals surface area (Å²) in [6, 6.07) is 0.316. The lowest BCUT2D eigenvalue weighted by atomic mass is 10.5. The van der Waals surface area contributed by atoms with E-state index in [9.17, 15) is 0 Å². The van der Waals surface area contributed by atoms with Crippen molar-refractivity contribution in [2.45, 2.75) is 44.0 Å². The van der Waals surface area contributed by atoms with Crippen molar-refractivity contribution < 1.29 is 9.15 Å². The third-order valence-corrected chi connectivity index (χ3v) is 3.07. The van der Waals surface area contributed by atoms with Gasteiger partial charge in [-0.3, -0.25) is 0 Å². The van der Waals surface area contributed by atoms with E-state index in [1.54, 1.807) is 6.26 Å². The van der Waals surface area contributed by atoms with Crippen molar-refractivity contribution in [2.24, 2.45) is 0 Å². The number of aryl methyl sites for hydroxylation is 1. The molecule has 8 heteroatoms. The summed E-state index contributed by atoms with van der Waals surface area (Å²) in [5.41, 5.74) is 0.818. The van der Waals surface area contributed by atoms with E-state index in [4.69, 9.17) is 9.15 Å². The van der Waals surface area contributed by atoms with Crippen LogP contribution >= 0.6 is 11.8 Å². The van der Waals surface area contributed by atoms with Gasteiger partial charge in [0.2, 0.25) is 11.1 Å². The fourth-order valence-electron chi connectivity index (χ4n) is 1.41. The fourth-order valence-corrected chi connectivity index (χ4v) is 2.11. The molecule has 114 valence electrons. The number of nitrogens with one attached hydrogen (secondary N) is 1. The molecular weight excluding hydrogens is 290 g/mol. The molecule has 0 bridgehead atoms. The molecule has 0 spiro atoms. The topological polar surface area (TPSA) is 86.0 Å². The first kappa shape index (κ1) is 15.6. The van der Waals surface area contributed by atoms with Crippen molar-refractivity contribution in [1.29, 1.82) is 0 Å². The van der Waals surface area contributed by atoms with Crippen molar-refractivity contribution in [3.63, 3.8) is 0 Å². The molecule has 0 amide bonds. The molecule has 21 heavy (non-hydrogen) atoms. The molecule has 0 saturated carbocycles. The number of aromatic nitrogens is 4. The molecule has 0 aliphatic heterocycles. The van der Waals surface area contributed by atoms with Gasteiger partial charge in [0.25, 0.3) is 5.22 Å². The number of oxazole rings is 1. The minimum atomic E-state index is 0.316. The minimum absolute atomic E-state index is 0.316. The maximum atomic E-state index is 5.49. The summed E-state index contributed by atoms with van der Waals surface area (Å²) in [7, 11) is 0. The van der Waals surface area contributed by atoms with Crippen LogP contribution in [0.15, 0.2) is 21.1 Å². The Hall–Kier alpha value is -1.83. The van der Waals surface area contributed by atoms with Crippen LogP contribution in [0.4, 0.5) is 5.95 Å². The normalized spacial score (nSPS) is 10.6. The zero-order valence-corrected chi connectivity index (χ0v) is 13.2. The van der Waals surface area contributed by atoms with Gasteiger partial charge in [0.05, 0.1) is 12.3 Å². The summed E-state index contributed by atoms with van der Waals surface area (Å²) in [5.74, 6) is 0.503. The summed E-state index contributed by atoms with van der Waals surface area (Å²) < 4.78 is 10.8. The highest BCUT2D eigenvalue weighted by atomic mass is 32.2. The molecule has 2 aromatic heterocycles. The zero-order chi connectivity index (χ0) is 15.1. The third kappa shape index (κ3) is 4.89. The predicted molar refractivity (Wildman–Crippen MR) is 79.8 cm³/mol. The van der Waals surface area contributed by atoms with Crippen molar-refractivity contribution in [1.82, 2.24) is 19.9 Å². The third-order valence-electron chi connectivity index (χ3n) is 2.34. The average Bonchev–Trinajstić information content (AvgIpc) is 2.88. The van der Waals surface area contributed by atoms with Gasteiger partial charge in [0.1, 0.15) is 6.26 Å². The molecule has 0 fully saturated rings. The van der Waals surface area contributed by atoms with E-state index >= 15 is 0 Å². The highest BCUT2D eigenvalue weighted by molar-refractivity contribution is 7.98. The van der Waals surface area contributed by atoms with Crippen molar-refractivity contribution in [3.05, 3.63) is 12.0 Å². The zero-order valence-electron chi connectivity index (χ0n) is 12.4. The van der Waals surface area contributed by atoms with Crippen LogP contribution in [-0.4, -0.2) is 33.1 Å². The Balaban J connectivity index is 2.16. The van der Waals surface area contributed by atoms with E-state index < -0.39 is 0 Å². The molecule has 2 heterocycles. The van der Waals surface area contributed by atoms with Gasteiger partial charge in [-0.1, -0.05) is 13.8 Å². The monoisotopic (exact) mass is 309 g/mol. The van der Waals surface area contributed by atoms with Gasteiger partial charge in [-0.2, -0.15) is 15.0 Å². The Morgan fingerprint density at radius 1 is 1.19 bits per heavy atom. The lowest BCUT2D eigenvalue weighted by Gasteiger charge is -2.07. The van der Waals surface area contributed by atoms with Crippen LogP contribution < -0.4 is 10.1 Å². The Morgan fingerprint density at radius 3 is 2.71 bits per heavy atom. The minimum Gasteiger partial charge on any atom is -0.463 e. The van der Waals surface area contributed by atoms with E-state index in [-0.39, 0.29) is 0 Å². The van der Waals surface area contributed by atoms with Crippen molar-refractivity contribution in [2.75, 3.05) is 18.5 Å². The second-order valence-corrected chi connectivity index (χ2v) is 5.27. The second-order valence-electron chi connectivity index (χ2n) is 4.36. The molecule has 7 nitrogen and oxygen atoms in total. The Morgan fingerprint density at radius 2 is 2.05 bits per heavy atom. The largest absolute Gasteiger partial charge is 0.463 e. The van der Waals surface area contributed by atoms with E-state index in [1.807, 2.05) is 13.8 Å². The molecular formula is C13H19N5O2S. The van der Waals surface area contributed by atoms with Crippen LogP contribution in [0, 0.1) is 6.92 Å². The highest BCUT2D eigenvalue weighted by Gasteiger charge is 2.11. The molecule has 2 aromatic rings. The van der Waals surface area contributed by atoms with Crippen LogP contribution in [0.3, 0.4) is 0 Å². The van der Waals surface area contributed by atoms with Gasteiger partial charge in [-0.05, 0) is 19.8 Å². The Bertz CT molecular complexity index is 549. The van der Waals surface area contributed by atoms with Gasteiger partial charge < -0.3 is 14.5 Å². The predicted octanol–water partition coefficient (Wildman–Crippen LogP) is 2.93. The summed E-state index contributed by atoms with van der Waals surface area (Å²) in [5, 5.41) is 4.13. The molecule has 0 aromatic carbocycles. The van der Waals surface area contributed by atoms with Gasteiger partial charge >= 0.3 is 6.01 Å². The van der Waals surface area contributed by atoms with Crippen LogP contribution in [0.5, 0.6) is 6.01 Å². The molecule has 0 atom stereocenters. The van der Waals surface area contributed by atoms with Gasteiger partial charge in [-0.15, -0.1) is 0 Å². The first-order valence-corrected chi connectivity index (χ1v) is 7.75. The van der Waals surface area contributed by atoms with E-state index in [1.165, 1.54) is 11.8 Å². The summed E-state index contributed by atoms with van der Waals surface area (Å²) in [4.78, 5) is 17.1. The molecule has 0 unspecified atom stereocenters. The maximum absolute atomic E-state index is 5.49. The first-order valence-electron chi connectivity index (χ1n) is 6.94. The van der Waals surface area contributed by atoms with E-state index in [0.717, 1.165) is 25.1 Å². The average molecular weight is 309 g/mol. The van der Waals surface area contributed by atoms with E-state index in [0.29, 0.717) is 28.9 Å². The number of nitrogens with zero attached hydrogens (tertiary/aromatic N) is 4. The van der Waals surface area contributed by atoms with Gasteiger partial charge in [0, 0.05) is 18.3 Å². The number of ether oxygens (including phenoxy) is 1. The highest BCUT2D eigenvalue weighted by Crippen LogP contribution is 2.25. The smallest absolute Gasteiger partial charge is 0.322 e. The fraction of sp³-hybridized carbons (Fsp3) is 0.538. The standard InChI is InChI=1S/C13H19N5O2S/c1-4-6-14-10-16-11(19-7-5-2)18-12(17-10)21-13-15-9(3)8-20-13/h8H,4-7H2,1-3H3,(H,14,16,17,18). The first-order chi connectivity index (χ1) is 10.2. The summed E-state index contributed by atoms with van der Waals surface area (Å²) >= 11 is 1.24. The Labute approximate surface area is 128 Å². The van der Waals surface area contributed by atoms with Crippen LogP contribution in [0.2, 0.25) is 0 Å². The molecule has 0 aliphatic rings. The quantitative estimate of drug-likeness (QED) is 0.796. The molecule has 1 N–H and O–H groups in total. The lowest BCUT2D eigenvalue weighted by molar-refractivity contribution is 0.288. The summed E-state index contributed by atoms with van der Waals surface area (Å²) in [6.45, 7) is 7.33. The van der Waals surface area contributed by atoms with Crippen molar-refractivity contribution in [3.8, 4) is 6.01 Å². The number of hydrogen-bond donors (Lipinski definition) is 1. The SMILES string of the molecule is CCCNc1nc(OCCC)nc(Sc2nc(C)co2)n1. The van der Waals surface area contributed by atoms with Crippen LogP contribution in [0.25, 0.3) is 0 Å². The van der Waals surface area contributed by atoms with Crippen LogP contribution in [-0.2, 0) is 0 Å². The molecule has 0 aliphatic carbocycles. The maximum Gasteiger partial charge on any atom is 0.322 e. The number of hydrogen-bond acceptors (Lipinski definition) is 8. The van der Waals surface area contributed by atoms with E-state index in [2.05, 4.69) is 32.2 Å². The molecule has 0 saturated heterocycles. The molecule has 0 radical (unpaired) electrons. The summed E-state index contributed by atoms with van der Waals surface area (Å²) in [6.07, 6.45) is 3.47. The Kier molecular flexibility index (Phi) is 5.79. The second kappa shape index (κ2) is 7.82. The number of rotatable bonds is 8. The van der Waals surface area contributed by atoms with Crippen molar-refractivity contribution >= 4 is 17.7 Å². The number of anilines is 1. The lowest BCUT2D eigenvalue weighted by Crippen LogP contribution is -2.08. The van der Waals surface area contributed by atoms with Crippen LogP contribution in [0.1, 0.15) is 32.4 Å². The van der Waals surface area contributed by atoms with Gasteiger partial charge in [-0.25, -0.2) is 4.98 Å².